The quantitative estimate of drug-likeness (QED) is 0.857. The van der Waals surface area contributed by atoms with E-state index in [0.717, 1.165) is 24.3 Å². The van der Waals surface area contributed by atoms with Crippen LogP contribution in [-0.2, 0) is 4.79 Å². The summed E-state index contributed by atoms with van der Waals surface area (Å²) in [5, 5.41) is 3.58. The van der Waals surface area contributed by atoms with E-state index in [-0.39, 0.29) is 12.2 Å². The van der Waals surface area contributed by atoms with Crippen LogP contribution >= 0.6 is 0 Å². The van der Waals surface area contributed by atoms with Gasteiger partial charge in [-0.2, -0.15) is 0 Å². The Balaban J connectivity index is 1.70. The lowest BCUT2D eigenvalue weighted by atomic mass is 9.88. The highest BCUT2D eigenvalue weighted by atomic mass is 16.2. The fourth-order valence-electron chi connectivity index (χ4n) is 4.75. The first kappa shape index (κ1) is 14.4. The molecule has 3 heteroatoms. The van der Waals surface area contributed by atoms with E-state index < -0.39 is 0 Å². The average molecular weight is 278 g/mol. The van der Waals surface area contributed by atoms with Crippen molar-refractivity contribution in [3.8, 4) is 0 Å². The van der Waals surface area contributed by atoms with E-state index >= 15 is 0 Å². The van der Waals surface area contributed by atoms with Crippen LogP contribution in [0.2, 0.25) is 0 Å². The summed E-state index contributed by atoms with van der Waals surface area (Å²) in [6, 6.07) is 0.0287. The molecule has 0 radical (unpaired) electrons. The molecule has 1 aliphatic heterocycles. The lowest BCUT2D eigenvalue weighted by molar-refractivity contribution is -0.132. The first-order valence-electron chi connectivity index (χ1n) is 8.54. The summed E-state index contributed by atoms with van der Waals surface area (Å²) in [6.07, 6.45) is 5.89. The van der Waals surface area contributed by atoms with Gasteiger partial charge in [-0.05, 0) is 48.9 Å². The number of hydrogen-bond donors (Lipinski definition) is 1. The second kappa shape index (κ2) is 5.32. The molecule has 3 fully saturated rings. The fraction of sp³-hybridized carbons (Fsp3) is 0.941. The Bertz CT molecular complexity index is 379. The number of nitrogens with one attached hydrogen (secondary N) is 1. The molecular weight excluding hydrogens is 248 g/mol. The van der Waals surface area contributed by atoms with Crippen LogP contribution in [-0.4, -0.2) is 29.6 Å². The molecule has 0 spiro atoms. The monoisotopic (exact) mass is 278 g/mol. The topological polar surface area (TPSA) is 32.3 Å². The normalized spacial score (nSPS) is 40.6. The summed E-state index contributed by atoms with van der Waals surface area (Å²) in [5.74, 6) is 3.86. The molecule has 0 aromatic rings. The Morgan fingerprint density at radius 3 is 2.40 bits per heavy atom. The molecule has 2 bridgehead atoms. The summed E-state index contributed by atoms with van der Waals surface area (Å²) in [4.78, 5) is 14.9. The van der Waals surface area contributed by atoms with Crippen molar-refractivity contribution in [2.45, 2.75) is 65.6 Å². The fourth-order valence-corrected chi connectivity index (χ4v) is 4.75. The average Bonchev–Trinajstić information content (AvgIpc) is 3.05. The number of fused-ring (bicyclic) bond motifs is 2. The minimum atomic E-state index is 0.0287. The van der Waals surface area contributed by atoms with Gasteiger partial charge in [0, 0.05) is 6.54 Å². The molecular formula is C17H30N2O. The van der Waals surface area contributed by atoms with Gasteiger partial charge in [0.2, 0.25) is 5.91 Å². The van der Waals surface area contributed by atoms with Gasteiger partial charge in [-0.25, -0.2) is 0 Å². The van der Waals surface area contributed by atoms with E-state index in [2.05, 4.69) is 37.9 Å². The van der Waals surface area contributed by atoms with Crippen LogP contribution in [0.1, 0.15) is 53.4 Å². The van der Waals surface area contributed by atoms with E-state index in [9.17, 15) is 4.79 Å². The minimum absolute atomic E-state index is 0.0287. The van der Waals surface area contributed by atoms with Gasteiger partial charge in [0.05, 0.1) is 12.2 Å². The molecule has 1 heterocycles. The Kier molecular flexibility index (Phi) is 3.83. The second-order valence-electron chi connectivity index (χ2n) is 8.00. The van der Waals surface area contributed by atoms with Crippen molar-refractivity contribution in [3.05, 3.63) is 0 Å². The Morgan fingerprint density at radius 1 is 1.15 bits per heavy atom. The number of carbonyl (C=O) groups is 1. The van der Waals surface area contributed by atoms with Crippen molar-refractivity contribution < 1.29 is 4.79 Å². The van der Waals surface area contributed by atoms with E-state index in [1.54, 1.807) is 0 Å². The molecule has 3 rings (SSSR count). The van der Waals surface area contributed by atoms with Crippen LogP contribution in [0, 0.1) is 29.6 Å². The predicted molar refractivity (Wildman–Crippen MR) is 81.0 cm³/mol. The molecule has 1 amide bonds. The molecule has 114 valence electrons. The zero-order chi connectivity index (χ0) is 14.4. The number of carbonyl (C=O) groups excluding carboxylic acids is 1. The van der Waals surface area contributed by atoms with Gasteiger partial charge < -0.3 is 4.90 Å². The maximum atomic E-state index is 12.7. The summed E-state index contributed by atoms with van der Waals surface area (Å²) in [6.45, 7) is 9.74. The zero-order valence-corrected chi connectivity index (χ0v) is 13.4. The molecule has 2 aliphatic carbocycles. The molecule has 20 heavy (non-hydrogen) atoms. The number of amides is 1. The standard InChI is InChI=1S/C17H30N2O/c1-10(2)15-17(20)19(16(18-15)11(3)4)9-14-8-12-5-6-13(14)7-12/h10-16,18H,5-9H2,1-4H3. The maximum absolute atomic E-state index is 12.7. The Labute approximate surface area is 123 Å². The molecule has 1 saturated heterocycles. The van der Waals surface area contributed by atoms with E-state index in [1.165, 1.54) is 25.7 Å². The van der Waals surface area contributed by atoms with Crippen LogP contribution in [0.25, 0.3) is 0 Å². The highest BCUT2D eigenvalue weighted by Crippen LogP contribution is 2.48. The lowest BCUT2D eigenvalue weighted by Gasteiger charge is -2.32. The third kappa shape index (κ3) is 2.38. The largest absolute Gasteiger partial charge is 0.325 e. The van der Waals surface area contributed by atoms with Gasteiger partial charge in [-0.1, -0.05) is 34.1 Å². The molecule has 2 saturated carbocycles. The van der Waals surface area contributed by atoms with Crippen LogP contribution in [0.15, 0.2) is 0 Å². The van der Waals surface area contributed by atoms with Crippen LogP contribution in [0.3, 0.4) is 0 Å². The second-order valence-corrected chi connectivity index (χ2v) is 8.00. The van der Waals surface area contributed by atoms with Gasteiger partial charge in [0.15, 0.2) is 0 Å². The highest BCUT2D eigenvalue weighted by Gasteiger charge is 2.46. The van der Waals surface area contributed by atoms with Crippen LogP contribution < -0.4 is 5.32 Å². The molecule has 5 atom stereocenters. The minimum Gasteiger partial charge on any atom is -0.325 e. The van der Waals surface area contributed by atoms with Crippen LogP contribution in [0.5, 0.6) is 0 Å². The third-order valence-corrected chi connectivity index (χ3v) is 5.85. The van der Waals surface area contributed by atoms with Gasteiger partial charge in [-0.15, -0.1) is 0 Å². The van der Waals surface area contributed by atoms with Gasteiger partial charge in [0.1, 0.15) is 0 Å². The van der Waals surface area contributed by atoms with Crippen molar-refractivity contribution in [2.75, 3.05) is 6.54 Å². The van der Waals surface area contributed by atoms with Gasteiger partial charge in [0.25, 0.3) is 0 Å². The first-order valence-corrected chi connectivity index (χ1v) is 8.54. The van der Waals surface area contributed by atoms with Crippen LogP contribution in [0.4, 0.5) is 0 Å². The van der Waals surface area contributed by atoms with E-state index in [0.29, 0.717) is 17.7 Å². The smallest absolute Gasteiger partial charge is 0.241 e. The predicted octanol–water partition coefficient (Wildman–Crippen LogP) is 2.86. The number of nitrogens with zero attached hydrogens (tertiary/aromatic N) is 1. The third-order valence-electron chi connectivity index (χ3n) is 5.85. The molecule has 0 aromatic heterocycles. The summed E-state index contributed by atoms with van der Waals surface area (Å²) in [5.41, 5.74) is 0. The van der Waals surface area contributed by atoms with E-state index in [1.807, 2.05) is 0 Å². The van der Waals surface area contributed by atoms with Crippen molar-refractivity contribution in [3.63, 3.8) is 0 Å². The Hall–Kier alpha value is -0.570. The molecule has 3 aliphatic rings. The summed E-state index contributed by atoms with van der Waals surface area (Å²) < 4.78 is 0. The summed E-state index contributed by atoms with van der Waals surface area (Å²) >= 11 is 0. The SMILES string of the molecule is CC(C)C1NC(C(C)C)N(CC2CC3CCC2C3)C1=O. The van der Waals surface area contributed by atoms with Crippen molar-refractivity contribution in [1.82, 2.24) is 10.2 Å². The molecule has 0 aromatic carbocycles. The van der Waals surface area contributed by atoms with E-state index in [4.69, 9.17) is 0 Å². The molecule has 5 unspecified atom stereocenters. The highest BCUT2D eigenvalue weighted by molar-refractivity contribution is 5.84. The van der Waals surface area contributed by atoms with Gasteiger partial charge in [-0.3, -0.25) is 10.1 Å². The number of hydrogen-bond acceptors (Lipinski definition) is 2. The maximum Gasteiger partial charge on any atom is 0.241 e. The Morgan fingerprint density at radius 2 is 1.90 bits per heavy atom. The summed E-state index contributed by atoms with van der Waals surface area (Å²) in [7, 11) is 0. The first-order chi connectivity index (χ1) is 9.47. The zero-order valence-electron chi connectivity index (χ0n) is 13.4. The molecule has 1 N–H and O–H groups in total. The molecule has 3 nitrogen and oxygen atoms in total. The van der Waals surface area contributed by atoms with Gasteiger partial charge >= 0.3 is 0 Å². The lowest BCUT2D eigenvalue weighted by Crippen LogP contribution is -2.44. The van der Waals surface area contributed by atoms with Crippen molar-refractivity contribution >= 4 is 5.91 Å². The number of rotatable bonds is 4. The van der Waals surface area contributed by atoms with Crippen molar-refractivity contribution in [1.29, 1.82) is 0 Å². The van der Waals surface area contributed by atoms with Crippen molar-refractivity contribution in [2.24, 2.45) is 29.6 Å².